The summed E-state index contributed by atoms with van der Waals surface area (Å²) in [7, 11) is 0. The molecule has 0 unspecified atom stereocenters. The SMILES string of the molecule is CCOCCCNC(=O)/C(C#N)=C/c1ccc(C)cc1. The van der Waals surface area contributed by atoms with Crippen LogP contribution < -0.4 is 5.32 Å². The number of nitrogens with one attached hydrogen (secondary N) is 1. The van der Waals surface area contributed by atoms with Gasteiger partial charge in [0.15, 0.2) is 0 Å². The first-order chi connectivity index (χ1) is 9.67. The molecule has 0 bridgehead atoms. The molecular weight excluding hydrogens is 252 g/mol. The zero-order valence-corrected chi connectivity index (χ0v) is 12.0. The second kappa shape index (κ2) is 8.89. The van der Waals surface area contributed by atoms with Crippen LogP contribution in [0.5, 0.6) is 0 Å². The van der Waals surface area contributed by atoms with Gasteiger partial charge in [0.25, 0.3) is 5.91 Å². The van der Waals surface area contributed by atoms with Crippen molar-refractivity contribution in [1.29, 1.82) is 5.26 Å². The standard InChI is InChI=1S/C16H20N2O2/c1-3-20-10-4-9-18-16(19)15(12-17)11-14-7-5-13(2)6-8-14/h5-8,11H,3-4,9-10H2,1-2H3,(H,18,19)/b15-11+. The van der Waals surface area contributed by atoms with Crippen LogP contribution in [0.15, 0.2) is 29.8 Å². The number of rotatable bonds is 7. The maximum atomic E-state index is 11.8. The average molecular weight is 272 g/mol. The van der Waals surface area contributed by atoms with Crippen LogP contribution in [0.4, 0.5) is 0 Å². The Hall–Kier alpha value is -2.12. The van der Waals surface area contributed by atoms with Gasteiger partial charge in [-0.15, -0.1) is 0 Å². The van der Waals surface area contributed by atoms with Crippen molar-refractivity contribution in [1.82, 2.24) is 5.32 Å². The highest BCUT2D eigenvalue weighted by atomic mass is 16.5. The van der Waals surface area contributed by atoms with Crippen molar-refractivity contribution >= 4 is 12.0 Å². The first-order valence-corrected chi connectivity index (χ1v) is 6.71. The number of carbonyl (C=O) groups excluding carboxylic acids is 1. The van der Waals surface area contributed by atoms with Crippen LogP contribution >= 0.6 is 0 Å². The quantitative estimate of drug-likeness (QED) is 0.471. The minimum Gasteiger partial charge on any atom is -0.382 e. The third-order valence-electron chi connectivity index (χ3n) is 2.71. The monoisotopic (exact) mass is 272 g/mol. The second-order valence-corrected chi connectivity index (χ2v) is 4.39. The largest absolute Gasteiger partial charge is 0.382 e. The Morgan fingerprint density at radius 1 is 1.40 bits per heavy atom. The average Bonchev–Trinajstić information content (AvgIpc) is 2.46. The minimum atomic E-state index is -0.343. The van der Waals surface area contributed by atoms with E-state index in [1.165, 1.54) is 0 Å². The fourth-order valence-corrected chi connectivity index (χ4v) is 1.59. The molecular formula is C16H20N2O2. The van der Waals surface area contributed by atoms with Gasteiger partial charge in [0.2, 0.25) is 0 Å². The molecule has 1 aromatic rings. The Labute approximate surface area is 120 Å². The highest BCUT2D eigenvalue weighted by Gasteiger charge is 2.07. The summed E-state index contributed by atoms with van der Waals surface area (Å²) in [6, 6.07) is 9.59. The van der Waals surface area contributed by atoms with Crippen LogP contribution in [0.25, 0.3) is 6.08 Å². The van der Waals surface area contributed by atoms with Crippen molar-refractivity contribution in [3.63, 3.8) is 0 Å². The van der Waals surface area contributed by atoms with E-state index in [9.17, 15) is 4.79 Å². The molecule has 0 aromatic heterocycles. The Kier molecular flexibility index (Phi) is 7.08. The summed E-state index contributed by atoms with van der Waals surface area (Å²) in [6.45, 7) is 5.71. The third kappa shape index (κ3) is 5.68. The van der Waals surface area contributed by atoms with E-state index in [2.05, 4.69) is 5.32 Å². The number of hydrogen-bond donors (Lipinski definition) is 1. The van der Waals surface area contributed by atoms with Crippen molar-refractivity contribution in [3.8, 4) is 6.07 Å². The molecule has 1 N–H and O–H groups in total. The molecule has 0 radical (unpaired) electrons. The van der Waals surface area contributed by atoms with E-state index >= 15 is 0 Å². The molecule has 0 heterocycles. The van der Waals surface area contributed by atoms with E-state index in [0.717, 1.165) is 17.5 Å². The molecule has 0 aliphatic carbocycles. The lowest BCUT2D eigenvalue weighted by atomic mass is 10.1. The number of amides is 1. The predicted molar refractivity (Wildman–Crippen MR) is 78.9 cm³/mol. The van der Waals surface area contributed by atoms with Gasteiger partial charge >= 0.3 is 0 Å². The number of nitriles is 1. The van der Waals surface area contributed by atoms with Crippen molar-refractivity contribution < 1.29 is 9.53 Å². The molecule has 4 heteroatoms. The molecule has 0 saturated heterocycles. The van der Waals surface area contributed by atoms with Crippen LogP contribution in [0, 0.1) is 18.3 Å². The molecule has 1 amide bonds. The number of hydrogen-bond acceptors (Lipinski definition) is 3. The van der Waals surface area contributed by atoms with Gasteiger partial charge in [-0.25, -0.2) is 0 Å². The van der Waals surface area contributed by atoms with Crippen molar-refractivity contribution in [2.45, 2.75) is 20.3 Å². The number of aryl methyl sites for hydroxylation is 1. The summed E-state index contributed by atoms with van der Waals surface area (Å²) in [5.74, 6) is -0.343. The molecule has 0 spiro atoms. The summed E-state index contributed by atoms with van der Waals surface area (Å²) >= 11 is 0. The molecule has 0 saturated carbocycles. The third-order valence-corrected chi connectivity index (χ3v) is 2.71. The van der Waals surface area contributed by atoms with Gasteiger partial charge in [-0.3, -0.25) is 4.79 Å². The van der Waals surface area contributed by atoms with Gasteiger partial charge in [-0.05, 0) is 31.9 Å². The molecule has 0 fully saturated rings. The first-order valence-electron chi connectivity index (χ1n) is 6.71. The molecule has 106 valence electrons. The Balaban J connectivity index is 2.55. The van der Waals surface area contributed by atoms with Gasteiger partial charge < -0.3 is 10.1 Å². The summed E-state index contributed by atoms with van der Waals surface area (Å²) in [5, 5.41) is 11.8. The molecule has 1 rings (SSSR count). The zero-order chi connectivity index (χ0) is 14.8. The lowest BCUT2D eigenvalue weighted by Gasteiger charge is -2.04. The first kappa shape index (κ1) is 15.9. The predicted octanol–water partition coefficient (Wildman–Crippen LogP) is 2.44. The lowest BCUT2D eigenvalue weighted by Crippen LogP contribution is -2.26. The molecule has 1 aromatic carbocycles. The van der Waals surface area contributed by atoms with Gasteiger partial charge in [0, 0.05) is 19.8 Å². The molecule has 0 aliphatic rings. The second-order valence-electron chi connectivity index (χ2n) is 4.39. The van der Waals surface area contributed by atoms with Gasteiger partial charge in [0.05, 0.1) is 0 Å². The topological polar surface area (TPSA) is 62.1 Å². The number of ether oxygens (including phenoxy) is 1. The van der Waals surface area contributed by atoms with Crippen molar-refractivity contribution in [2.24, 2.45) is 0 Å². The maximum absolute atomic E-state index is 11.8. The molecule has 0 atom stereocenters. The molecule has 20 heavy (non-hydrogen) atoms. The van der Waals surface area contributed by atoms with E-state index in [0.29, 0.717) is 19.8 Å². The van der Waals surface area contributed by atoms with Crippen LogP contribution in [0.2, 0.25) is 0 Å². The van der Waals surface area contributed by atoms with E-state index in [4.69, 9.17) is 10.00 Å². The van der Waals surface area contributed by atoms with E-state index < -0.39 is 0 Å². The smallest absolute Gasteiger partial charge is 0.261 e. The van der Waals surface area contributed by atoms with Crippen LogP contribution in [0.1, 0.15) is 24.5 Å². The van der Waals surface area contributed by atoms with Crippen LogP contribution in [0.3, 0.4) is 0 Å². The van der Waals surface area contributed by atoms with Gasteiger partial charge in [-0.1, -0.05) is 29.8 Å². The highest BCUT2D eigenvalue weighted by Crippen LogP contribution is 2.08. The number of carbonyl (C=O) groups is 1. The van der Waals surface area contributed by atoms with Crippen molar-refractivity contribution in [3.05, 3.63) is 41.0 Å². The van der Waals surface area contributed by atoms with Crippen LogP contribution in [-0.4, -0.2) is 25.7 Å². The highest BCUT2D eigenvalue weighted by molar-refractivity contribution is 6.01. The molecule has 4 nitrogen and oxygen atoms in total. The number of benzene rings is 1. The normalized spacial score (nSPS) is 10.9. The van der Waals surface area contributed by atoms with E-state index in [1.54, 1.807) is 6.08 Å². The maximum Gasteiger partial charge on any atom is 0.261 e. The summed E-state index contributed by atoms with van der Waals surface area (Å²) < 4.78 is 5.18. The van der Waals surface area contributed by atoms with Gasteiger partial charge in [0.1, 0.15) is 11.6 Å². The summed E-state index contributed by atoms with van der Waals surface area (Å²) in [5.41, 5.74) is 2.10. The Morgan fingerprint density at radius 3 is 2.70 bits per heavy atom. The summed E-state index contributed by atoms with van der Waals surface area (Å²) in [4.78, 5) is 11.8. The Morgan fingerprint density at radius 2 is 2.10 bits per heavy atom. The lowest BCUT2D eigenvalue weighted by molar-refractivity contribution is -0.117. The summed E-state index contributed by atoms with van der Waals surface area (Å²) in [6.07, 6.45) is 2.33. The van der Waals surface area contributed by atoms with E-state index in [1.807, 2.05) is 44.2 Å². The van der Waals surface area contributed by atoms with E-state index in [-0.39, 0.29) is 11.5 Å². The van der Waals surface area contributed by atoms with Gasteiger partial charge in [-0.2, -0.15) is 5.26 Å². The fourth-order valence-electron chi connectivity index (χ4n) is 1.59. The minimum absolute atomic E-state index is 0.116. The van der Waals surface area contributed by atoms with Crippen molar-refractivity contribution in [2.75, 3.05) is 19.8 Å². The van der Waals surface area contributed by atoms with Crippen LogP contribution in [-0.2, 0) is 9.53 Å². The Bertz CT molecular complexity index is 498. The number of nitrogens with zero attached hydrogens (tertiary/aromatic N) is 1. The zero-order valence-electron chi connectivity index (χ0n) is 12.0. The molecule has 0 aliphatic heterocycles. The fraction of sp³-hybridized carbons (Fsp3) is 0.375.